The van der Waals surface area contributed by atoms with Gasteiger partial charge < -0.3 is 15.6 Å². The molecule has 1 aliphatic heterocycles. The molecular formula is C15H19ClN4O3S. The Hall–Kier alpha value is -1.90. The predicted molar refractivity (Wildman–Crippen MR) is 93.9 cm³/mol. The highest BCUT2D eigenvalue weighted by Crippen LogP contribution is 2.37. The standard InChI is InChI=1S/C15H18N4O3S.ClH/c1-3-19-5-4-9-11(7-19)23-15(12(9)13(16)20)17-14(21)10-6-8(2)22-18-10;/h6H,3-5,7H2,1-2H3,(H2,16,20)(H,17,21);1H. The zero-order valence-corrected chi connectivity index (χ0v) is 15.1. The van der Waals surface area contributed by atoms with E-state index in [1.807, 2.05) is 0 Å². The third-order valence-corrected chi connectivity index (χ3v) is 5.05. The molecule has 2 amide bonds. The Bertz CT molecular complexity index is 771. The number of carbonyl (C=O) groups is 2. The van der Waals surface area contributed by atoms with Crippen molar-refractivity contribution in [2.75, 3.05) is 18.4 Å². The maximum absolute atomic E-state index is 12.2. The highest BCUT2D eigenvalue weighted by Gasteiger charge is 2.27. The van der Waals surface area contributed by atoms with E-state index in [9.17, 15) is 9.59 Å². The minimum absolute atomic E-state index is 0. The van der Waals surface area contributed by atoms with Crippen molar-refractivity contribution in [2.24, 2.45) is 5.73 Å². The van der Waals surface area contributed by atoms with Crippen LogP contribution in [0.4, 0.5) is 5.00 Å². The van der Waals surface area contributed by atoms with Gasteiger partial charge >= 0.3 is 0 Å². The summed E-state index contributed by atoms with van der Waals surface area (Å²) in [7, 11) is 0. The van der Waals surface area contributed by atoms with E-state index in [0.717, 1.165) is 36.5 Å². The van der Waals surface area contributed by atoms with Crippen molar-refractivity contribution < 1.29 is 14.1 Å². The first-order valence-electron chi connectivity index (χ1n) is 7.41. The number of thiophene rings is 1. The number of rotatable bonds is 4. The number of amides is 2. The van der Waals surface area contributed by atoms with Gasteiger partial charge in [-0.1, -0.05) is 12.1 Å². The lowest BCUT2D eigenvalue weighted by Gasteiger charge is -2.25. The second kappa shape index (κ2) is 7.33. The van der Waals surface area contributed by atoms with Crippen molar-refractivity contribution in [3.8, 4) is 0 Å². The Kier molecular flexibility index (Phi) is 5.63. The van der Waals surface area contributed by atoms with Crippen LogP contribution in [0.1, 0.15) is 44.0 Å². The molecular weight excluding hydrogens is 352 g/mol. The van der Waals surface area contributed by atoms with Crippen molar-refractivity contribution >= 4 is 40.6 Å². The van der Waals surface area contributed by atoms with Crippen molar-refractivity contribution in [1.29, 1.82) is 0 Å². The van der Waals surface area contributed by atoms with E-state index >= 15 is 0 Å². The molecule has 2 aromatic heterocycles. The molecule has 1 aliphatic rings. The molecule has 3 heterocycles. The molecule has 3 N–H and O–H groups in total. The van der Waals surface area contributed by atoms with E-state index < -0.39 is 11.8 Å². The van der Waals surface area contributed by atoms with E-state index in [1.165, 1.54) is 11.3 Å². The lowest BCUT2D eigenvalue weighted by molar-refractivity contribution is 0.1000. The Labute approximate surface area is 149 Å². The number of hydrogen-bond donors (Lipinski definition) is 2. The van der Waals surface area contributed by atoms with E-state index in [1.54, 1.807) is 13.0 Å². The number of aromatic nitrogens is 1. The van der Waals surface area contributed by atoms with Gasteiger partial charge in [-0.3, -0.25) is 14.5 Å². The zero-order chi connectivity index (χ0) is 16.6. The summed E-state index contributed by atoms with van der Waals surface area (Å²) in [5.41, 5.74) is 7.10. The molecule has 0 atom stereocenters. The van der Waals surface area contributed by atoms with Crippen LogP contribution >= 0.6 is 23.7 Å². The molecule has 9 heteroatoms. The molecule has 0 saturated carbocycles. The van der Waals surface area contributed by atoms with Crippen LogP contribution in [0.15, 0.2) is 10.6 Å². The van der Waals surface area contributed by atoms with Crippen LogP contribution in [-0.4, -0.2) is 35.0 Å². The summed E-state index contributed by atoms with van der Waals surface area (Å²) in [5.74, 6) is -0.372. The first-order valence-corrected chi connectivity index (χ1v) is 8.22. The van der Waals surface area contributed by atoms with Crippen LogP contribution in [0, 0.1) is 6.92 Å². The third kappa shape index (κ3) is 3.45. The van der Waals surface area contributed by atoms with Gasteiger partial charge in [0.2, 0.25) is 0 Å². The number of primary amides is 1. The first-order chi connectivity index (χ1) is 11.0. The Morgan fingerprint density at radius 3 is 2.83 bits per heavy atom. The van der Waals surface area contributed by atoms with E-state index in [-0.39, 0.29) is 18.1 Å². The Morgan fingerprint density at radius 2 is 2.25 bits per heavy atom. The first kappa shape index (κ1) is 18.4. The van der Waals surface area contributed by atoms with Crippen molar-refractivity contribution in [3.63, 3.8) is 0 Å². The average Bonchev–Trinajstić information content (AvgIpc) is 3.09. The van der Waals surface area contributed by atoms with E-state index in [0.29, 0.717) is 16.3 Å². The lowest BCUT2D eigenvalue weighted by atomic mass is 10.0. The molecule has 0 spiro atoms. The SMILES string of the molecule is CCN1CCc2c(sc(NC(=O)c3cc(C)on3)c2C(N)=O)C1.Cl. The second-order valence-electron chi connectivity index (χ2n) is 5.47. The molecule has 7 nitrogen and oxygen atoms in total. The van der Waals surface area contributed by atoms with Gasteiger partial charge in [0.1, 0.15) is 10.8 Å². The van der Waals surface area contributed by atoms with Crippen molar-refractivity contribution in [3.05, 3.63) is 33.5 Å². The number of nitrogens with two attached hydrogens (primary N) is 1. The summed E-state index contributed by atoms with van der Waals surface area (Å²) in [5, 5.41) is 6.93. The largest absolute Gasteiger partial charge is 0.365 e. The van der Waals surface area contributed by atoms with Gasteiger partial charge in [-0.15, -0.1) is 23.7 Å². The maximum atomic E-state index is 12.2. The van der Waals surface area contributed by atoms with Crippen LogP contribution < -0.4 is 11.1 Å². The summed E-state index contributed by atoms with van der Waals surface area (Å²) >= 11 is 1.41. The van der Waals surface area contributed by atoms with Crippen molar-refractivity contribution in [1.82, 2.24) is 10.1 Å². The molecule has 0 aromatic carbocycles. The van der Waals surface area contributed by atoms with E-state index in [4.69, 9.17) is 10.3 Å². The topological polar surface area (TPSA) is 101 Å². The quantitative estimate of drug-likeness (QED) is 0.859. The molecule has 130 valence electrons. The molecule has 0 aliphatic carbocycles. The smallest absolute Gasteiger partial charge is 0.278 e. The van der Waals surface area contributed by atoms with Gasteiger partial charge in [-0.05, 0) is 25.5 Å². The minimum atomic E-state index is -0.515. The number of anilines is 1. The maximum Gasteiger partial charge on any atom is 0.278 e. The second-order valence-corrected chi connectivity index (χ2v) is 6.57. The summed E-state index contributed by atoms with van der Waals surface area (Å²) in [6.07, 6.45) is 0.761. The minimum Gasteiger partial charge on any atom is -0.365 e. The van der Waals surface area contributed by atoms with Gasteiger partial charge in [0.25, 0.3) is 11.8 Å². The van der Waals surface area contributed by atoms with E-state index in [2.05, 4.69) is 22.3 Å². The molecule has 0 fully saturated rings. The monoisotopic (exact) mass is 370 g/mol. The number of carbonyl (C=O) groups excluding carboxylic acids is 2. The van der Waals surface area contributed by atoms with Gasteiger partial charge in [0, 0.05) is 24.0 Å². The van der Waals surface area contributed by atoms with Crippen LogP contribution in [0.3, 0.4) is 0 Å². The number of aryl methyl sites for hydroxylation is 1. The number of nitrogens with zero attached hydrogens (tertiary/aromatic N) is 2. The number of nitrogens with one attached hydrogen (secondary N) is 1. The van der Waals surface area contributed by atoms with Crippen LogP contribution in [-0.2, 0) is 13.0 Å². The molecule has 0 bridgehead atoms. The molecule has 0 radical (unpaired) electrons. The highest BCUT2D eigenvalue weighted by atomic mass is 35.5. The number of hydrogen-bond acceptors (Lipinski definition) is 6. The third-order valence-electron chi connectivity index (χ3n) is 3.92. The fraction of sp³-hybridized carbons (Fsp3) is 0.400. The molecule has 2 aromatic rings. The van der Waals surface area contributed by atoms with Gasteiger partial charge in [0.05, 0.1) is 5.56 Å². The summed E-state index contributed by atoms with van der Waals surface area (Å²) in [6, 6.07) is 1.55. The fourth-order valence-corrected chi connectivity index (χ4v) is 4.01. The van der Waals surface area contributed by atoms with Crippen LogP contribution in [0.2, 0.25) is 0 Å². The summed E-state index contributed by atoms with van der Waals surface area (Å²) in [4.78, 5) is 27.5. The average molecular weight is 371 g/mol. The van der Waals surface area contributed by atoms with Gasteiger partial charge in [-0.25, -0.2) is 0 Å². The number of likely N-dealkylation sites (N-methyl/N-ethyl adjacent to an activating group) is 1. The van der Waals surface area contributed by atoms with Crippen LogP contribution in [0.25, 0.3) is 0 Å². The highest BCUT2D eigenvalue weighted by molar-refractivity contribution is 7.17. The molecule has 0 saturated heterocycles. The number of fused-ring (bicyclic) bond motifs is 1. The van der Waals surface area contributed by atoms with Gasteiger partial charge in [0.15, 0.2) is 5.69 Å². The molecule has 3 rings (SSSR count). The molecule has 24 heavy (non-hydrogen) atoms. The normalized spacial score (nSPS) is 13.9. The fourth-order valence-electron chi connectivity index (χ4n) is 2.72. The lowest BCUT2D eigenvalue weighted by Crippen LogP contribution is -2.30. The Morgan fingerprint density at radius 1 is 1.50 bits per heavy atom. The number of halogens is 1. The zero-order valence-electron chi connectivity index (χ0n) is 13.4. The van der Waals surface area contributed by atoms with Gasteiger partial charge in [-0.2, -0.15) is 0 Å². The molecule has 0 unspecified atom stereocenters. The summed E-state index contributed by atoms with van der Waals surface area (Å²) in [6.45, 7) is 6.42. The summed E-state index contributed by atoms with van der Waals surface area (Å²) < 4.78 is 4.91. The van der Waals surface area contributed by atoms with Crippen molar-refractivity contribution in [2.45, 2.75) is 26.8 Å². The Balaban J connectivity index is 0.00000208. The predicted octanol–water partition coefficient (Wildman–Crippen LogP) is 2.20. The van der Waals surface area contributed by atoms with Crippen LogP contribution in [0.5, 0.6) is 0 Å².